The van der Waals surface area contributed by atoms with E-state index in [-0.39, 0.29) is 0 Å². The Balaban J connectivity index is 1.60. The lowest BCUT2D eigenvalue weighted by molar-refractivity contribution is 0.171. The lowest BCUT2D eigenvalue weighted by Gasteiger charge is -2.37. The molecule has 0 saturated carbocycles. The van der Waals surface area contributed by atoms with Crippen molar-refractivity contribution in [1.29, 1.82) is 0 Å². The van der Waals surface area contributed by atoms with Crippen LogP contribution in [0.4, 0.5) is 0 Å². The first-order chi connectivity index (χ1) is 12.5. The molecule has 0 aromatic heterocycles. The van der Waals surface area contributed by atoms with Crippen LogP contribution in [0.1, 0.15) is 24.8 Å². The molecule has 0 unspecified atom stereocenters. The molecule has 0 N–H and O–H groups in total. The number of nitrogens with zero attached hydrogens (tertiary/aromatic N) is 3. The smallest absolute Gasteiger partial charge is 0.282 e. The molecule has 8 heteroatoms. The highest BCUT2D eigenvalue weighted by Crippen LogP contribution is 2.26. The van der Waals surface area contributed by atoms with Crippen molar-refractivity contribution in [3.05, 3.63) is 23.8 Å². The lowest BCUT2D eigenvalue weighted by Crippen LogP contribution is -2.53. The number of hydrogen-bond acceptors (Lipinski definition) is 5. The quantitative estimate of drug-likeness (QED) is 0.746. The highest BCUT2D eigenvalue weighted by atomic mass is 32.2. The fourth-order valence-corrected chi connectivity index (χ4v) is 5.29. The fraction of sp³-hybridized carbons (Fsp3) is 0.667. The zero-order valence-corrected chi connectivity index (χ0v) is 16.5. The molecule has 3 rings (SSSR count). The minimum Gasteiger partial charge on any atom is -0.497 e. The minimum atomic E-state index is -3.31. The third-order valence-electron chi connectivity index (χ3n) is 5.18. The van der Waals surface area contributed by atoms with Crippen LogP contribution in [-0.4, -0.2) is 75.4 Å². The Morgan fingerprint density at radius 2 is 1.54 bits per heavy atom. The summed E-state index contributed by atoms with van der Waals surface area (Å²) >= 11 is 0. The number of piperidine rings is 1. The van der Waals surface area contributed by atoms with Crippen molar-refractivity contribution < 1.29 is 17.9 Å². The van der Waals surface area contributed by atoms with Crippen molar-refractivity contribution in [3.8, 4) is 11.5 Å². The van der Waals surface area contributed by atoms with Crippen molar-refractivity contribution in [3.63, 3.8) is 0 Å². The highest BCUT2D eigenvalue weighted by Gasteiger charge is 2.33. The molecule has 0 amide bonds. The lowest BCUT2D eigenvalue weighted by atomic mass is 10.1. The Labute approximate surface area is 156 Å². The Kier molecular flexibility index (Phi) is 6.39. The molecule has 0 atom stereocenters. The molecular weight excluding hydrogens is 354 g/mol. The Morgan fingerprint density at radius 1 is 0.885 bits per heavy atom. The Hall–Kier alpha value is -1.35. The predicted octanol–water partition coefficient (Wildman–Crippen LogP) is 1.55. The first-order valence-electron chi connectivity index (χ1n) is 9.23. The predicted molar refractivity (Wildman–Crippen MR) is 101 cm³/mol. The zero-order chi connectivity index (χ0) is 18.6. The van der Waals surface area contributed by atoms with Gasteiger partial charge < -0.3 is 9.47 Å². The molecule has 0 bridgehead atoms. The zero-order valence-electron chi connectivity index (χ0n) is 15.7. The van der Waals surface area contributed by atoms with Crippen LogP contribution in [0.25, 0.3) is 0 Å². The fourth-order valence-electron chi connectivity index (χ4n) is 3.62. The summed E-state index contributed by atoms with van der Waals surface area (Å²) in [5, 5.41) is 0. The van der Waals surface area contributed by atoms with Gasteiger partial charge in [0.05, 0.1) is 14.2 Å². The molecule has 0 spiro atoms. The van der Waals surface area contributed by atoms with Crippen LogP contribution in [0, 0.1) is 0 Å². The van der Waals surface area contributed by atoms with Gasteiger partial charge in [-0.1, -0.05) is 6.42 Å². The maximum absolute atomic E-state index is 12.8. The van der Waals surface area contributed by atoms with Crippen LogP contribution >= 0.6 is 0 Å². The topological polar surface area (TPSA) is 62.3 Å². The minimum absolute atomic E-state index is 0.533. The summed E-state index contributed by atoms with van der Waals surface area (Å²) < 4.78 is 39.6. The first-order valence-corrected chi connectivity index (χ1v) is 10.6. The van der Waals surface area contributed by atoms with Gasteiger partial charge in [-0.05, 0) is 31.0 Å². The molecule has 0 aliphatic carbocycles. The van der Waals surface area contributed by atoms with Crippen LogP contribution in [0.5, 0.6) is 11.5 Å². The largest absolute Gasteiger partial charge is 0.497 e. The highest BCUT2D eigenvalue weighted by molar-refractivity contribution is 7.86. The third-order valence-corrected chi connectivity index (χ3v) is 7.22. The van der Waals surface area contributed by atoms with Crippen LogP contribution in [-0.2, 0) is 16.8 Å². The Morgan fingerprint density at radius 3 is 2.15 bits per heavy atom. The molecule has 2 aliphatic rings. The van der Waals surface area contributed by atoms with Crippen molar-refractivity contribution in [2.24, 2.45) is 0 Å². The van der Waals surface area contributed by atoms with E-state index in [0.717, 1.165) is 42.9 Å². The summed E-state index contributed by atoms with van der Waals surface area (Å²) in [6.45, 7) is 4.53. The SMILES string of the molecule is COc1ccc(OC)c(CN2CCN(S(=O)(=O)N3CCCCC3)CC2)c1. The summed E-state index contributed by atoms with van der Waals surface area (Å²) in [5.41, 5.74) is 1.05. The average Bonchev–Trinajstić information content (AvgIpc) is 2.69. The van der Waals surface area contributed by atoms with Crippen molar-refractivity contribution in [2.75, 3.05) is 53.5 Å². The van der Waals surface area contributed by atoms with Gasteiger partial charge in [-0.2, -0.15) is 17.0 Å². The summed E-state index contributed by atoms with van der Waals surface area (Å²) in [6, 6.07) is 5.77. The van der Waals surface area contributed by atoms with Crippen LogP contribution in [0.15, 0.2) is 18.2 Å². The molecule has 2 fully saturated rings. The molecular formula is C18H29N3O4S. The van der Waals surface area contributed by atoms with E-state index in [1.54, 1.807) is 22.8 Å². The molecule has 7 nitrogen and oxygen atoms in total. The summed E-state index contributed by atoms with van der Waals surface area (Å²) in [6.07, 6.45) is 3.06. The van der Waals surface area contributed by atoms with Crippen LogP contribution < -0.4 is 9.47 Å². The van der Waals surface area contributed by atoms with Gasteiger partial charge in [0.2, 0.25) is 0 Å². The first kappa shape index (κ1) is 19.4. The van der Waals surface area contributed by atoms with E-state index >= 15 is 0 Å². The van der Waals surface area contributed by atoms with Gasteiger partial charge in [0.1, 0.15) is 11.5 Å². The number of methoxy groups -OCH3 is 2. The summed E-state index contributed by atoms with van der Waals surface area (Å²) in [4.78, 5) is 2.26. The van der Waals surface area contributed by atoms with Gasteiger partial charge in [-0.3, -0.25) is 4.90 Å². The van der Waals surface area contributed by atoms with E-state index in [2.05, 4.69) is 4.90 Å². The van der Waals surface area contributed by atoms with Crippen LogP contribution in [0.3, 0.4) is 0 Å². The molecule has 1 aromatic rings. The standard InChI is InChI=1S/C18H29N3O4S/c1-24-17-6-7-18(25-2)16(14-17)15-19-10-12-21(13-11-19)26(22,23)20-8-4-3-5-9-20/h6-7,14H,3-5,8-13,15H2,1-2H3. The maximum atomic E-state index is 12.8. The van der Waals surface area contributed by atoms with Gasteiger partial charge in [0.15, 0.2) is 0 Å². The van der Waals surface area contributed by atoms with Gasteiger partial charge in [-0.15, -0.1) is 0 Å². The van der Waals surface area contributed by atoms with Gasteiger partial charge >= 0.3 is 0 Å². The number of piperazine rings is 1. The van der Waals surface area contributed by atoms with E-state index in [9.17, 15) is 8.42 Å². The second-order valence-corrected chi connectivity index (χ2v) is 8.75. The Bertz CT molecular complexity index is 696. The molecule has 2 aliphatic heterocycles. The molecule has 0 radical (unpaired) electrons. The van der Waals surface area contributed by atoms with E-state index < -0.39 is 10.2 Å². The maximum Gasteiger partial charge on any atom is 0.282 e. The number of benzene rings is 1. The average molecular weight is 384 g/mol. The number of hydrogen-bond donors (Lipinski definition) is 0. The number of rotatable bonds is 6. The van der Waals surface area contributed by atoms with Crippen LogP contribution in [0.2, 0.25) is 0 Å². The van der Waals surface area contributed by atoms with Crippen molar-refractivity contribution in [2.45, 2.75) is 25.8 Å². The van der Waals surface area contributed by atoms with Gasteiger partial charge in [0.25, 0.3) is 10.2 Å². The normalized spacial score (nSPS) is 20.8. The molecule has 26 heavy (non-hydrogen) atoms. The number of ether oxygens (including phenoxy) is 2. The van der Waals surface area contributed by atoms with E-state index in [0.29, 0.717) is 39.3 Å². The summed E-state index contributed by atoms with van der Waals surface area (Å²) in [7, 11) is 0.000217. The second-order valence-electron chi connectivity index (χ2n) is 6.82. The van der Waals surface area contributed by atoms with E-state index in [1.165, 1.54) is 0 Å². The van der Waals surface area contributed by atoms with Crippen molar-refractivity contribution in [1.82, 2.24) is 13.5 Å². The van der Waals surface area contributed by atoms with E-state index in [4.69, 9.17) is 9.47 Å². The molecule has 2 heterocycles. The summed E-state index contributed by atoms with van der Waals surface area (Å²) in [5.74, 6) is 1.63. The molecule has 146 valence electrons. The van der Waals surface area contributed by atoms with Crippen molar-refractivity contribution >= 4 is 10.2 Å². The monoisotopic (exact) mass is 383 g/mol. The van der Waals surface area contributed by atoms with Gasteiger partial charge in [0, 0.05) is 51.4 Å². The molecule has 2 saturated heterocycles. The second kappa shape index (κ2) is 8.56. The van der Waals surface area contributed by atoms with Gasteiger partial charge in [-0.25, -0.2) is 0 Å². The molecule has 1 aromatic carbocycles. The van der Waals surface area contributed by atoms with E-state index in [1.807, 2.05) is 18.2 Å². The third kappa shape index (κ3) is 4.31.